The first-order chi connectivity index (χ1) is 18.1. The van der Waals surface area contributed by atoms with Crippen molar-refractivity contribution < 1.29 is 18.6 Å². The summed E-state index contributed by atoms with van der Waals surface area (Å²) in [6, 6.07) is 12.5. The molecule has 2 saturated heterocycles. The predicted octanol–water partition coefficient (Wildman–Crippen LogP) is 4.70. The number of benzene rings is 2. The molecule has 0 amide bonds. The van der Waals surface area contributed by atoms with Gasteiger partial charge in [-0.2, -0.15) is 5.26 Å². The number of piperidine rings is 1. The van der Waals surface area contributed by atoms with Gasteiger partial charge >= 0.3 is 0 Å². The first-order valence-corrected chi connectivity index (χ1v) is 13.0. The fourth-order valence-corrected chi connectivity index (χ4v) is 6.41. The summed E-state index contributed by atoms with van der Waals surface area (Å²) in [4.78, 5) is 9.17. The van der Waals surface area contributed by atoms with Crippen LogP contribution in [0, 0.1) is 17.1 Å². The fourth-order valence-electron chi connectivity index (χ4n) is 6.41. The summed E-state index contributed by atoms with van der Waals surface area (Å²) in [5.41, 5.74) is 3.10. The average Bonchev–Trinajstić information content (AvgIpc) is 3.16. The van der Waals surface area contributed by atoms with Crippen molar-refractivity contribution in [2.75, 3.05) is 38.8 Å². The van der Waals surface area contributed by atoms with Gasteiger partial charge in [-0.25, -0.2) is 4.39 Å². The molecule has 8 heteroatoms. The summed E-state index contributed by atoms with van der Waals surface area (Å²) in [5.74, 6) is 1.59. The quantitative estimate of drug-likeness (QED) is 0.484. The van der Waals surface area contributed by atoms with Gasteiger partial charge in [-0.15, -0.1) is 0 Å². The van der Waals surface area contributed by atoms with Crippen LogP contribution >= 0.6 is 0 Å². The predicted molar refractivity (Wildman–Crippen MR) is 139 cm³/mol. The Balaban J connectivity index is 1.19. The van der Waals surface area contributed by atoms with Gasteiger partial charge in [-0.05, 0) is 55.9 Å². The van der Waals surface area contributed by atoms with E-state index >= 15 is 4.39 Å². The number of rotatable bonds is 6. The average molecular weight is 503 g/mol. The van der Waals surface area contributed by atoms with Gasteiger partial charge in [0.05, 0.1) is 23.9 Å². The number of ether oxygens (including phenoxy) is 3. The normalized spacial score (nSPS) is 22.6. The highest BCUT2D eigenvalue weighted by Crippen LogP contribution is 2.41. The number of anilines is 1. The molecule has 192 valence electrons. The lowest BCUT2D eigenvalue weighted by molar-refractivity contribution is 0.128. The first-order valence-electron chi connectivity index (χ1n) is 13.0. The van der Waals surface area contributed by atoms with E-state index in [1.54, 1.807) is 19.4 Å². The van der Waals surface area contributed by atoms with Crippen molar-refractivity contribution in [2.24, 2.45) is 0 Å². The number of methoxy groups -OCH3 is 1. The first kappa shape index (κ1) is 23.8. The van der Waals surface area contributed by atoms with Crippen LogP contribution in [-0.2, 0) is 6.42 Å². The number of hydrogen-bond donors (Lipinski definition) is 0. The highest BCUT2D eigenvalue weighted by molar-refractivity contribution is 5.85. The Kier molecular flexibility index (Phi) is 6.25. The molecule has 0 aliphatic carbocycles. The Hall–Kier alpha value is -3.57. The van der Waals surface area contributed by atoms with E-state index < -0.39 is 0 Å². The molecule has 0 spiro atoms. The largest absolute Gasteiger partial charge is 0.497 e. The Morgan fingerprint density at radius 2 is 1.86 bits per heavy atom. The lowest BCUT2D eigenvalue weighted by Gasteiger charge is -2.43. The van der Waals surface area contributed by atoms with Gasteiger partial charge in [0.2, 0.25) is 0 Å². The van der Waals surface area contributed by atoms with Crippen molar-refractivity contribution in [3.8, 4) is 23.3 Å². The molecule has 1 aromatic heterocycles. The second kappa shape index (κ2) is 9.71. The SMILES string of the molecule is COc1ccc2ncc(C#N)c(CCN3C4CCC3CC(N(C)c3cc5c(cc3F)OCCO5)C4)c2c1. The van der Waals surface area contributed by atoms with Gasteiger partial charge in [0.25, 0.3) is 0 Å². The van der Waals surface area contributed by atoms with Gasteiger partial charge < -0.3 is 19.1 Å². The fraction of sp³-hybridized carbons (Fsp3) is 0.448. The van der Waals surface area contributed by atoms with Crippen molar-refractivity contribution in [1.82, 2.24) is 9.88 Å². The van der Waals surface area contributed by atoms with E-state index in [1.165, 1.54) is 6.07 Å². The molecule has 7 nitrogen and oxygen atoms in total. The lowest BCUT2D eigenvalue weighted by atomic mass is 9.94. The number of halogens is 1. The van der Waals surface area contributed by atoms with Gasteiger partial charge in [0.15, 0.2) is 11.5 Å². The van der Waals surface area contributed by atoms with E-state index in [0.717, 1.165) is 60.9 Å². The minimum absolute atomic E-state index is 0.256. The van der Waals surface area contributed by atoms with Crippen molar-refractivity contribution in [3.63, 3.8) is 0 Å². The van der Waals surface area contributed by atoms with Crippen molar-refractivity contribution in [1.29, 1.82) is 5.26 Å². The second-order valence-corrected chi connectivity index (χ2v) is 10.2. The molecule has 2 unspecified atom stereocenters. The van der Waals surface area contributed by atoms with Crippen LogP contribution in [0.4, 0.5) is 10.1 Å². The van der Waals surface area contributed by atoms with Crippen LogP contribution in [0.15, 0.2) is 36.5 Å². The molecule has 2 aromatic carbocycles. The van der Waals surface area contributed by atoms with Crippen molar-refractivity contribution in [2.45, 2.75) is 50.2 Å². The Labute approximate surface area is 216 Å². The van der Waals surface area contributed by atoms with Gasteiger partial charge in [0, 0.05) is 55.4 Å². The Bertz CT molecular complexity index is 1360. The van der Waals surface area contributed by atoms with Crippen LogP contribution in [0.3, 0.4) is 0 Å². The molecule has 3 aliphatic heterocycles. The molecule has 0 N–H and O–H groups in total. The summed E-state index contributed by atoms with van der Waals surface area (Å²) in [5, 5.41) is 10.8. The summed E-state index contributed by atoms with van der Waals surface area (Å²) >= 11 is 0. The maximum atomic E-state index is 15.0. The number of fused-ring (bicyclic) bond motifs is 4. The third-order valence-corrected chi connectivity index (χ3v) is 8.33. The highest BCUT2D eigenvalue weighted by Gasteiger charge is 2.42. The van der Waals surface area contributed by atoms with Crippen molar-refractivity contribution >= 4 is 16.6 Å². The molecule has 2 fully saturated rings. The van der Waals surface area contributed by atoms with Gasteiger partial charge in [-0.1, -0.05) is 0 Å². The third-order valence-electron chi connectivity index (χ3n) is 8.33. The molecule has 6 rings (SSSR count). The second-order valence-electron chi connectivity index (χ2n) is 10.2. The summed E-state index contributed by atoms with van der Waals surface area (Å²) in [6.45, 7) is 1.81. The molecule has 4 heterocycles. The summed E-state index contributed by atoms with van der Waals surface area (Å²) < 4.78 is 31.7. The van der Waals surface area contributed by atoms with Crippen LogP contribution in [0.1, 0.15) is 36.8 Å². The number of hydrogen-bond acceptors (Lipinski definition) is 7. The molecule has 0 radical (unpaired) electrons. The molecule has 2 atom stereocenters. The smallest absolute Gasteiger partial charge is 0.164 e. The van der Waals surface area contributed by atoms with Gasteiger partial charge in [0.1, 0.15) is 30.8 Å². The minimum atomic E-state index is -0.273. The van der Waals surface area contributed by atoms with Gasteiger partial charge in [-0.3, -0.25) is 9.88 Å². The summed E-state index contributed by atoms with van der Waals surface area (Å²) in [7, 11) is 3.64. The van der Waals surface area contributed by atoms with Crippen LogP contribution in [0.2, 0.25) is 0 Å². The van der Waals surface area contributed by atoms with Crippen LogP contribution in [-0.4, -0.2) is 61.9 Å². The lowest BCUT2D eigenvalue weighted by Crippen LogP contribution is -2.50. The van der Waals surface area contributed by atoms with Crippen LogP contribution in [0.25, 0.3) is 10.9 Å². The van der Waals surface area contributed by atoms with E-state index in [2.05, 4.69) is 20.9 Å². The maximum absolute atomic E-state index is 15.0. The van der Waals surface area contributed by atoms with E-state index in [-0.39, 0.29) is 11.9 Å². The van der Waals surface area contributed by atoms with E-state index in [1.807, 2.05) is 25.2 Å². The Morgan fingerprint density at radius 1 is 1.14 bits per heavy atom. The van der Waals surface area contributed by atoms with Crippen LogP contribution in [0.5, 0.6) is 17.2 Å². The standard InChI is InChI=1S/C29H31FN4O3/c1-33(27-15-29-28(14-25(27)30)36-9-10-37-29)21-11-19-3-4-20(12-21)34(19)8-7-23-18(16-31)17-32-26-6-5-22(35-2)13-24(23)26/h5-6,13-15,17,19-21H,3-4,7-12H2,1-2H3. The number of nitriles is 1. The van der Waals surface area contributed by atoms with Crippen molar-refractivity contribution in [3.05, 3.63) is 53.5 Å². The molecule has 2 bridgehead atoms. The zero-order chi connectivity index (χ0) is 25.5. The number of aromatic nitrogens is 1. The third kappa shape index (κ3) is 4.31. The van der Waals surface area contributed by atoms with E-state index in [0.29, 0.717) is 48.0 Å². The molecule has 3 aromatic rings. The molecular formula is C29H31FN4O3. The number of nitrogens with zero attached hydrogens (tertiary/aromatic N) is 4. The zero-order valence-corrected chi connectivity index (χ0v) is 21.2. The van der Waals surface area contributed by atoms with E-state index in [9.17, 15) is 5.26 Å². The highest BCUT2D eigenvalue weighted by atomic mass is 19.1. The molecule has 37 heavy (non-hydrogen) atoms. The molecule has 3 aliphatic rings. The van der Waals surface area contributed by atoms with E-state index in [4.69, 9.17) is 14.2 Å². The Morgan fingerprint density at radius 3 is 2.57 bits per heavy atom. The molecular weight excluding hydrogens is 471 g/mol. The summed E-state index contributed by atoms with van der Waals surface area (Å²) in [6.07, 6.45) is 6.72. The topological polar surface area (TPSA) is 70.9 Å². The minimum Gasteiger partial charge on any atom is -0.497 e. The number of pyridine rings is 1. The molecule has 0 saturated carbocycles. The zero-order valence-electron chi connectivity index (χ0n) is 21.2. The maximum Gasteiger partial charge on any atom is 0.164 e. The van der Waals surface area contributed by atoms with Crippen LogP contribution < -0.4 is 19.1 Å². The monoisotopic (exact) mass is 502 g/mol.